The van der Waals surface area contributed by atoms with Crippen LogP contribution in [0.1, 0.15) is 33.1 Å². The number of hydrogen-bond acceptors (Lipinski definition) is 3. The van der Waals surface area contributed by atoms with Gasteiger partial charge in [-0.2, -0.15) is 0 Å². The summed E-state index contributed by atoms with van der Waals surface area (Å²) in [5.74, 6) is 0.00375. The molecule has 1 rings (SSSR count). The van der Waals surface area contributed by atoms with Crippen LogP contribution in [-0.2, 0) is 9.53 Å². The van der Waals surface area contributed by atoms with Gasteiger partial charge in [-0.25, -0.2) is 0 Å². The predicted octanol–water partition coefficient (Wildman–Crippen LogP) is 0.785. The molecule has 0 aromatic carbocycles. The average Bonchev–Trinajstić information content (AvgIpc) is 2.74. The third-order valence-electron chi connectivity index (χ3n) is 3.43. The minimum absolute atomic E-state index is 0.00375. The van der Waals surface area contributed by atoms with Gasteiger partial charge in [-0.15, -0.1) is 0 Å². The number of carbonyl (C=O) groups is 1. The van der Waals surface area contributed by atoms with Crippen molar-refractivity contribution in [1.82, 2.24) is 4.90 Å². The van der Waals surface area contributed by atoms with E-state index in [0.717, 1.165) is 19.4 Å². The second-order valence-corrected chi connectivity index (χ2v) is 4.27. The van der Waals surface area contributed by atoms with Gasteiger partial charge in [0.05, 0.1) is 12.6 Å². The summed E-state index contributed by atoms with van der Waals surface area (Å²) >= 11 is 0. The minimum Gasteiger partial charge on any atom is -0.394 e. The zero-order chi connectivity index (χ0) is 11.5. The van der Waals surface area contributed by atoms with Crippen molar-refractivity contribution in [3.8, 4) is 0 Å². The first-order chi connectivity index (χ1) is 7.09. The molecule has 0 radical (unpaired) electrons. The average molecular weight is 215 g/mol. The van der Waals surface area contributed by atoms with Gasteiger partial charge in [0, 0.05) is 13.7 Å². The molecule has 0 aromatic rings. The first-order valence-corrected chi connectivity index (χ1v) is 5.56. The molecule has 2 atom stereocenters. The highest BCUT2D eigenvalue weighted by molar-refractivity contribution is 5.85. The Kier molecular flexibility index (Phi) is 4.11. The van der Waals surface area contributed by atoms with E-state index in [1.165, 1.54) is 0 Å². The summed E-state index contributed by atoms with van der Waals surface area (Å²) in [5.41, 5.74) is -0.738. The number of nitrogens with zero attached hydrogens (tertiary/aromatic N) is 1. The van der Waals surface area contributed by atoms with Crippen LogP contribution in [0, 0.1) is 0 Å². The second-order valence-electron chi connectivity index (χ2n) is 4.27. The number of methoxy groups -OCH3 is 1. The third kappa shape index (κ3) is 2.32. The van der Waals surface area contributed by atoms with E-state index in [2.05, 4.69) is 0 Å². The molecule has 1 N–H and O–H groups in total. The number of aliphatic hydroxyl groups is 1. The van der Waals surface area contributed by atoms with Crippen LogP contribution in [0.4, 0.5) is 0 Å². The van der Waals surface area contributed by atoms with Gasteiger partial charge in [0.25, 0.3) is 5.91 Å². The molecule has 1 heterocycles. The third-order valence-corrected chi connectivity index (χ3v) is 3.43. The Balaban J connectivity index is 2.74. The van der Waals surface area contributed by atoms with E-state index in [4.69, 9.17) is 9.84 Å². The molecule has 1 fully saturated rings. The molecule has 1 amide bonds. The fourth-order valence-electron chi connectivity index (χ4n) is 1.98. The molecule has 4 heteroatoms. The van der Waals surface area contributed by atoms with Gasteiger partial charge in [0.2, 0.25) is 0 Å². The van der Waals surface area contributed by atoms with Crippen molar-refractivity contribution >= 4 is 5.91 Å². The predicted molar refractivity (Wildman–Crippen MR) is 57.5 cm³/mol. The van der Waals surface area contributed by atoms with Crippen LogP contribution in [0.15, 0.2) is 0 Å². The highest BCUT2D eigenvalue weighted by atomic mass is 16.5. The van der Waals surface area contributed by atoms with Crippen molar-refractivity contribution < 1.29 is 14.6 Å². The van der Waals surface area contributed by atoms with Crippen LogP contribution < -0.4 is 0 Å². The SMILES string of the molecule is CCC(C)(OC)C(=O)N1CCCC1CO. The van der Waals surface area contributed by atoms with E-state index in [9.17, 15) is 4.79 Å². The van der Waals surface area contributed by atoms with Crippen LogP contribution in [0.5, 0.6) is 0 Å². The van der Waals surface area contributed by atoms with Crippen molar-refractivity contribution in [2.45, 2.75) is 44.8 Å². The van der Waals surface area contributed by atoms with Gasteiger partial charge < -0.3 is 14.7 Å². The zero-order valence-corrected chi connectivity index (χ0v) is 9.82. The van der Waals surface area contributed by atoms with Gasteiger partial charge >= 0.3 is 0 Å². The first kappa shape index (κ1) is 12.5. The van der Waals surface area contributed by atoms with E-state index in [1.54, 1.807) is 12.0 Å². The molecular weight excluding hydrogens is 194 g/mol. The zero-order valence-electron chi connectivity index (χ0n) is 9.82. The Morgan fingerprint density at radius 1 is 1.67 bits per heavy atom. The fraction of sp³-hybridized carbons (Fsp3) is 0.909. The molecule has 15 heavy (non-hydrogen) atoms. The number of carbonyl (C=O) groups excluding carboxylic acids is 1. The lowest BCUT2D eigenvalue weighted by molar-refractivity contribution is -0.155. The summed E-state index contributed by atoms with van der Waals surface area (Å²) in [7, 11) is 1.56. The maximum absolute atomic E-state index is 12.2. The molecule has 0 aliphatic carbocycles. The first-order valence-electron chi connectivity index (χ1n) is 5.56. The molecule has 0 saturated carbocycles. The quantitative estimate of drug-likeness (QED) is 0.754. The molecule has 0 bridgehead atoms. The lowest BCUT2D eigenvalue weighted by atomic mass is 10.0. The highest BCUT2D eigenvalue weighted by Gasteiger charge is 2.39. The molecule has 2 unspecified atom stereocenters. The minimum atomic E-state index is -0.738. The summed E-state index contributed by atoms with van der Waals surface area (Å²) in [5, 5.41) is 9.16. The molecule has 4 nitrogen and oxygen atoms in total. The Labute approximate surface area is 91.2 Å². The van der Waals surface area contributed by atoms with Gasteiger partial charge in [-0.3, -0.25) is 4.79 Å². The van der Waals surface area contributed by atoms with E-state index in [-0.39, 0.29) is 18.6 Å². The summed E-state index contributed by atoms with van der Waals surface area (Å²) in [4.78, 5) is 13.9. The number of hydrogen-bond donors (Lipinski definition) is 1. The van der Waals surface area contributed by atoms with Gasteiger partial charge in [-0.1, -0.05) is 6.92 Å². The maximum Gasteiger partial charge on any atom is 0.254 e. The van der Waals surface area contributed by atoms with E-state index in [0.29, 0.717) is 6.42 Å². The van der Waals surface area contributed by atoms with Crippen LogP contribution >= 0.6 is 0 Å². The van der Waals surface area contributed by atoms with Crippen molar-refractivity contribution in [1.29, 1.82) is 0 Å². The molecule has 1 saturated heterocycles. The monoisotopic (exact) mass is 215 g/mol. The molecule has 0 spiro atoms. The number of amides is 1. The molecule has 0 aromatic heterocycles. The van der Waals surface area contributed by atoms with Crippen LogP contribution in [-0.4, -0.2) is 47.8 Å². The number of ether oxygens (including phenoxy) is 1. The molecule has 1 aliphatic heterocycles. The van der Waals surface area contributed by atoms with E-state index < -0.39 is 5.60 Å². The van der Waals surface area contributed by atoms with Crippen LogP contribution in [0.2, 0.25) is 0 Å². The smallest absolute Gasteiger partial charge is 0.254 e. The van der Waals surface area contributed by atoms with E-state index >= 15 is 0 Å². The maximum atomic E-state index is 12.2. The van der Waals surface area contributed by atoms with E-state index in [1.807, 2.05) is 13.8 Å². The Morgan fingerprint density at radius 2 is 2.33 bits per heavy atom. The van der Waals surface area contributed by atoms with Crippen molar-refractivity contribution in [2.24, 2.45) is 0 Å². The fourth-order valence-corrected chi connectivity index (χ4v) is 1.98. The molecule has 1 aliphatic rings. The lowest BCUT2D eigenvalue weighted by Crippen LogP contribution is -2.50. The van der Waals surface area contributed by atoms with Gasteiger partial charge in [0.15, 0.2) is 0 Å². The Bertz CT molecular complexity index is 226. The Morgan fingerprint density at radius 3 is 2.80 bits per heavy atom. The van der Waals surface area contributed by atoms with Crippen molar-refractivity contribution in [2.75, 3.05) is 20.3 Å². The topological polar surface area (TPSA) is 49.8 Å². The van der Waals surface area contributed by atoms with Crippen molar-refractivity contribution in [3.05, 3.63) is 0 Å². The second kappa shape index (κ2) is 4.94. The number of aliphatic hydroxyl groups excluding tert-OH is 1. The van der Waals surface area contributed by atoms with Crippen LogP contribution in [0.3, 0.4) is 0 Å². The van der Waals surface area contributed by atoms with Crippen LogP contribution in [0.25, 0.3) is 0 Å². The number of rotatable bonds is 4. The van der Waals surface area contributed by atoms with Gasteiger partial charge in [-0.05, 0) is 26.2 Å². The van der Waals surface area contributed by atoms with Gasteiger partial charge in [0.1, 0.15) is 5.60 Å². The highest BCUT2D eigenvalue weighted by Crippen LogP contribution is 2.24. The lowest BCUT2D eigenvalue weighted by Gasteiger charge is -2.33. The molecule has 88 valence electrons. The largest absolute Gasteiger partial charge is 0.394 e. The normalized spacial score (nSPS) is 25.3. The molecular formula is C11H21NO3. The summed E-state index contributed by atoms with van der Waals surface area (Å²) in [6.45, 7) is 4.53. The standard InChI is InChI=1S/C11H21NO3/c1-4-11(2,15-3)10(14)12-7-5-6-9(12)8-13/h9,13H,4-8H2,1-3H3. The van der Waals surface area contributed by atoms with Crippen molar-refractivity contribution in [3.63, 3.8) is 0 Å². The summed E-state index contributed by atoms with van der Waals surface area (Å²) in [6.07, 6.45) is 2.52. The number of likely N-dealkylation sites (tertiary alicyclic amines) is 1. The Hall–Kier alpha value is -0.610. The summed E-state index contributed by atoms with van der Waals surface area (Å²) in [6, 6.07) is -0.0153. The summed E-state index contributed by atoms with van der Waals surface area (Å²) < 4.78 is 5.28.